The Kier molecular flexibility index (Phi) is 28.8. The number of nitrogens with zero attached hydrogens (tertiary/aromatic N) is 7. The molecule has 23 nitrogen and oxygen atoms in total. The summed E-state index contributed by atoms with van der Waals surface area (Å²) in [4.78, 5) is 24.2. The lowest BCUT2D eigenvalue weighted by molar-refractivity contribution is -0.385. The van der Waals surface area contributed by atoms with Gasteiger partial charge in [-0.1, -0.05) is 48.5 Å². The normalized spacial score (nSPS) is 21.7. The number of non-ortho nitro benzene ring substituents is 1. The molecule has 3 N–H and O–H groups in total. The van der Waals surface area contributed by atoms with E-state index in [0.29, 0.717) is 49.9 Å². The molecule has 0 bridgehead atoms. The van der Waals surface area contributed by atoms with E-state index in [-0.39, 0.29) is 63.4 Å². The molecule has 3 saturated carbocycles. The molecule has 3 saturated heterocycles. The van der Waals surface area contributed by atoms with Crippen LogP contribution in [0.3, 0.4) is 0 Å². The third-order valence-electron chi connectivity index (χ3n) is 20.8. The third kappa shape index (κ3) is 22.1. The van der Waals surface area contributed by atoms with E-state index in [2.05, 4.69) is 67.8 Å². The zero-order valence-corrected chi connectivity index (χ0v) is 65.5. The van der Waals surface area contributed by atoms with Crippen LogP contribution in [-0.4, -0.2) is 192 Å². The average molecular weight is 1560 g/mol. The third-order valence-corrected chi connectivity index (χ3v) is 25.4. The number of nitro benzene ring substituents is 1. The van der Waals surface area contributed by atoms with Crippen molar-refractivity contribution in [1.82, 2.24) is 28.9 Å². The highest BCUT2D eigenvalue weighted by Gasteiger charge is 2.38. The van der Waals surface area contributed by atoms with Crippen molar-refractivity contribution in [1.29, 1.82) is 0 Å². The molecule has 0 spiro atoms. The molecule has 6 aromatic rings. The van der Waals surface area contributed by atoms with Gasteiger partial charge < -0.3 is 38.4 Å². The predicted molar refractivity (Wildman–Crippen MR) is 411 cm³/mol. The minimum Gasteiger partial charge on any atom is -0.495 e. The number of piperazine rings is 3. The van der Waals surface area contributed by atoms with Crippen molar-refractivity contribution in [2.75, 3.05) is 107 Å². The van der Waals surface area contributed by atoms with Gasteiger partial charge in [0.05, 0.1) is 60.1 Å². The number of alkyl halides is 3. The lowest BCUT2D eigenvalue weighted by Crippen LogP contribution is -2.52. The number of rotatable bonds is 24. The second-order valence-corrected chi connectivity index (χ2v) is 34.3. The van der Waals surface area contributed by atoms with Gasteiger partial charge in [-0.2, -0.15) is 13.2 Å². The number of hydrogen-bond acceptors (Lipinski definition) is 19. The van der Waals surface area contributed by atoms with Crippen LogP contribution in [0.2, 0.25) is 0 Å². The molecule has 0 amide bonds. The fourth-order valence-corrected chi connectivity index (χ4v) is 19.8. The van der Waals surface area contributed by atoms with Crippen molar-refractivity contribution in [3.05, 3.63) is 155 Å². The summed E-state index contributed by atoms with van der Waals surface area (Å²) >= 11 is 0. The highest BCUT2D eigenvalue weighted by atomic mass is 32.2. The van der Waals surface area contributed by atoms with Gasteiger partial charge in [0.25, 0.3) is 5.69 Å². The second-order valence-electron chi connectivity index (χ2n) is 29.2. The Labute approximate surface area is 634 Å². The molecule has 6 aromatic carbocycles. The maximum absolute atomic E-state index is 13.9. The fourth-order valence-electron chi connectivity index (χ4n) is 15.4. The topological polar surface area (TPSA) is 247 Å². The Morgan fingerprint density at radius 1 is 0.407 bits per heavy atom. The van der Waals surface area contributed by atoms with Crippen LogP contribution < -0.4 is 52.6 Å². The minimum absolute atomic E-state index is 0.0880. The molecule has 0 unspecified atom stereocenters. The van der Waals surface area contributed by atoms with E-state index in [1.807, 2.05) is 90.1 Å². The van der Waals surface area contributed by atoms with Crippen molar-refractivity contribution in [3.63, 3.8) is 0 Å². The van der Waals surface area contributed by atoms with Gasteiger partial charge in [-0.05, 0) is 191 Å². The Morgan fingerprint density at radius 3 is 1.03 bits per heavy atom. The van der Waals surface area contributed by atoms with Crippen LogP contribution in [-0.2, 0) is 36.2 Å². The van der Waals surface area contributed by atoms with Gasteiger partial charge in [-0.25, -0.2) is 43.8 Å². The average Bonchev–Trinajstić information content (AvgIpc) is 0.786. The first kappa shape index (κ1) is 82.9. The molecular weight excluding hydrogens is 1460 g/mol. The van der Waals surface area contributed by atoms with Crippen LogP contribution in [0.25, 0.3) is 0 Å². The fraction of sp³-hybridized carbons (Fsp3) is 0.538. The highest BCUT2D eigenvalue weighted by Crippen LogP contribution is 2.39. The summed E-state index contributed by atoms with van der Waals surface area (Å²) in [7, 11) is -9.40. The number of nitrogens with one attached hydrogen (secondary N) is 3. The first-order valence-corrected chi connectivity index (χ1v) is 42.1. The summed E-state index contributed by atoms with van der Waals surface area (Å²) in [5.74, 6) is 2.00. The highest BCUT2D eigenvalue weighted by molar-refractivity contribution is 7.90. The van der Waals surface area contributed by atoms with E-state index < -0.39 is 57.4 Å². The van der Waals surface area contributed by atoms with Crippen molar-refractivity contribution in [2.45, 2.75) is 194 Å². The standard InChI is InChI=1S/C27H36F3N3O4S.C26H36N4O6S.C25H34FN3O3S/c1-19(2)37-24-7-5-4-6-23(24)33-16-14-32(15-17-33)22-11-9-21(10-12-22)31-38(34,35)26-18-20(27(28,29)30)8-13-25(26)36-3;1-19(2)36-24-7-5-4-6-23(24)29-16-14-28(15-17-29)21-10-8-20(9-11-21)27-37(33,34)26-18-22(30(31)32)12-13-25(26)35-3;1-19(2)32-24-9-5-4-8-23(24)29-17-15-28(16-18-29)21-13-11-20(12-14-21)27-33(30,31)25-10-6-3-7-22(25)26/h4-8,13,18-19,21-22,31H,9-12,14-17H2,1-3H3;4-7,12-13,18-21,27H,8-11,14-17H2,1-3H3;3-10,19-21,27H,11-18H2,1-2H3. The van der Waals surface area contributed by atoms with E-state index in [1.165, 1.54) is 44.6 Å². The summed E-state index contributed by atoms with van der Waals surface area (Å²) in [6.07, 6.45) is 5.22. The van der Waals surface area contributed by atoms with Crippen LogP contribution in [0.5, 0.6) is 28.7 Å². The Morgan fingerprint density at radius 2 is 0.713 bits per heavy atom. The largest absolute Gasteiger partial charge is 0.495 e. The zero-order valence-electron chi connectivity index (χ0n) is 63.0. The zero-order chi connectivity index (χ0) is 77.5. The number of anilines is 3. The van der Waals surface area contributed by atoms with Crippen molar-refractivity contribution in [3.8, 4) is 28.7 Å². The number of methoxy groups -OCH3 is 2. The van der Waals surface area contributed by atoms with E-state index in [9.17, 15) is 52.9 Å². The summed E-state index contributed by atoms with van der Waals surface area (Å²) in [5.41, 5.74) is 2.06. The number of halogens is 4. The van der Waals surface area contributed by atoms with Crippen LogP contribution in [0.15, 0.2) is 148 Å². The SMILES string of the molecule is CC(C)Oc1ccccc1N1CCN(C2CCC(NS(=O)(=O)c3ccccc3F)CC2)CC1.COc1ccc(C(F)(F)F)cc1S(=O)(=O)NC1CCC(N2CCN(c3ccccc3OC(C)C)CC2)CC1.COc1ccc([N+](=O)[O-])cc1S(=O)(=O)NC1CCC(N2CCN(c3ccccc3OC(C)C)CC2)CC1. The number of nitro groups is 1. The molecule has 592 valence electrons. The monoisotopic (exact) mass is 1560 g/mol. The lowest BCUT2D eigenvalue weighted by Gasteiger charge is -2.43. The maximum atomic E-state index is 13.9. The maximum Gasteiger partial charge on any atom is 0.416 e. The Hall–Kier alpha value is -7.55. The summed E-state index contributed by atoms with van der Waals surface area (Å²) < 4.78 is 167. The van der Waals surface area contributed by atoms with Crippen molar-refractivity contribution in [2.24, 2.45) is 0 Å². The first-order valence-electron chi connectivity index (χ1n) is 37.6. The Balaban J connectivity index is 0.000000173. The van der Waals surface area contributed by atoms with Crippen LogP contribution in [0.1, 0.15) is 124 Å². The molecule has 30 heteroatoms. The van der Waals surface area contributed by atoms with Gasteiger partial charge in [0.15, 0.2) is 0 Å². The molecule has 0 atom stereocenters. The molecular formula is C78H106F4N10O13S3. The van der Waals surface area contributed by atoms with E-state index in [4.69, 9.17) is 23.7 Å². The smallest absolute Gasteiger partial charge is 0.416 e. The Bertz CT molecular complexity index is 4270. The first-order chi connectivity index (χ1) is 51.5. The quantitative estimate of drug-likeness (QED) is 0.0289. The van der Waals surface area contributed by atoms with Crippen LogP contribution in [0, 0.1) is 15.9 Å². The van der Waals surface area contributed by atoms with Crippen LogP contribution >= 0.6 is 0 Å². The molecule has 0 radical (unpaired) electrons. The number of sulfonamides is 3. The van der Waals surface area contributed by atoms with Gasteiger partial charge in [0.1, 0.15) is 49.3 Å². The number of para-hydroxylation sites is 6. The lowest BCUT2D eigenvalue weighted by atomic mass is 9.90. The summed E-state index contributed by atoms with van der Waals surface area (Å²) in [6, 6.07) is 36.6. The number of benzene rings is 6. The molecule has 0 aromatic heterocycles. The van der Waals surface area contributed by atoms with Gasteiger partial charge in [0, 0.05) is 127 Å². The molecule has 108 heavy (non-hydrogen) atoms. The van der Waals surface area contributed by atoms with Crippen molar-refractivity contribution >= 4 is 52.8 Å². The molecule has 3 aliphatic heterocycles. The number of ether oxygens (including phenoxy) is 5. The van der Waals surface area contributed by atoms with Gasteiger partial charge in [-0.3, -0.25) is 24.8 Å². The summed E-state index contributed by atoms with van der Waals surface area (Å²) in [6.45, 7) is 23.3. The molecule has 12 rings (SSSR count). The summed E-state index contributed by atoms with van der Waals surface area (Å²) in [5, 5.41) is 11.2. The predicted octanol–water partition coefficient (Wildman–Crippen LogP) is 12.7. The van der Waals surface area contributed by atoms with E-state index in [0.717, 1.165) is 182 Å². The molecule has 6 aliphatic rings. The van der Waals surface area contributed by atoms with E-state index >= 15 is 0 Å². The van der Waals surface area contributed by atoms with Crippen LogP contribution in [0.4, 0.5) is 40.3 Å². The van der Waals surface area contributed by atoms with Gasteiger partial charge >= 0.3 is 6.18 Å². The molecule has 3 heterocycles. The van der Waals surface area contributed by atoms with Gasteiger partial charge in [0.2, 0.25) is 30.1 Å². The molecule has 3 aliphatic carbocycles. The van der Waals surface area contributed by atoms with E-state index in [1.54, 1.807) is 6.07 Å². The van der Waals surface area contributed by atoms with Gasteiger partial charge in [-0.15, -0.1) is 0 Å². The minimum atomic E-state index is -4.65. The molecule has 6 fully saturated rings. The number of hydrogen-bond donors (Lipinski definition) is 3. The van der Waals surface area contributed by atoms with Crippen molar-refractivity contribution < 1.29 is 71.4 Å². The second kappa shape index (κ2) is 37.4.